The number of fused-ring (bicyclic) bond motifs is 1. The number of benzene rings is 1. The zero-order chi connectivity index (χ0) is 16.4. The van der Waals surface area contributed by atoms with E-state index in [1.165, 1.54) is 12.8 Å². The summed E-state index contributed by atoms with van der Waals surface area (Å²) >= 11 is 0. The van der Waals surface area contributed by atoms with E-state index >= 15 is 0 Å². The van der Waals surface area contributed by atoms with E-state index in [1.807, 2.05) is 12.1 Å². The molecule has 3 aliphatic rings. The summed E-state index contributed by atoms with van der Waals surface area (Å²) in [6, 6.07) is 4.86. The van der Waals surface area contributed by atoms with Crippen molar-refractivity contribution in [2.24, 2.45) is 0 Å². The Kier molecular flexibility index (Phi) is 4.78. The van der Waals surface area contributed by atoms with Crippen LogP contribution in [0.4, 0.5) is 0 Å². The molecule has 24 heavy (non-hydrogen) atoms. The highest BCUT2D eigenvalue weighted by Crippen LogP contribution is 2.40. The third-order valence-corrected chi connectivity index (χ3v) is 4.82. The number of morpholine rings is 1. The summed E-state index contributed by atoms with van der Waals surface area (Å²) in [7, 11) is 1.66. The predicted octanol–water partition coefficient (Wildman–Crippen LogP) is 1.42. The molecule has 132 valence electrons. The van der Waals surface area contributed by atoms with E-state index in [2.05, 4.69) is 10.2 Å². The molecule has 1 aromatic rings. The Balaban J connectivity index is 1.32. The first-order valence-corrected chi connectivity index (χ1v) is 8.86. The van der Waals surface area contributed by atoms with Crippen LogP contribution in [0.15, 0.2) is 12.1 Å². The molecule has 0 spiro atoms. The van der Waals surface area contributed by atoms with Crippen molar-refractivity contribution in [3.8, 4) is 17.2 Å². The van der Waals surface area contributed by atoms with Crippen molar-refractivity contribution in [2.45, 2.75) is 31.5 Å². The van der Waals surface area contributed by atoms with Crippen molar-refractivity contribution < 1.29 is 18.9 Å². The van der Waals surface area contributed by atoms with Gasteiger partial charge in [0.05, 0.1) is 19.8 Å². The SMILES string of the molecule is COc1cc(CNCC2CN(C3CC3)CCO2)cc2c1OCCO2. The van der Waals surface area contributed by atoms with Crippen molar-refractivity contribution in [2.75, 3.05) is 46.6 Å². The van der Waals surface area contributed by atoms with Gasteiger partial charge in [-0.3, -0.25) is 4.90 Å². The summed E-state index contributed by atoms with van der Waals surface area (Å²) in [6.45, 7) is 5.75. The Labute approximate surface area is 143 Å². The second kappa shape index (κ2) is 7.17. The Morgan fingerprint density at radius 2 is 2.08 bits per heavy atom. The lowest BCUT2D eigenvalue weighted by atomic mass is 10.1. The molecule has 2 aliphatic heterocycles. The largest absolute Gasteiger partial charge is 0.493 e. The van der Waals surface area contributed by atoms with Crippen LogP contribution < -0.4 is 19.5 Å². The van der Waals surface area contributed by atoms with Gasteiger partial charge in [0.15, 0.2) is 11.5 Å². The molecular formula is C18H26N2O4. The van der Waals surface area contributed by atoms with E-state index in [0.29, 0.717) is 19.0 Å². The first kappa shape index (κ1) is 16.0. The van der Waals surface area contributed by atoms with Crippen molar-refractivity contribution in [1.82, 2.24) is 10.2 Å². The molecule has 6 nitrogen and oxygen atoms in total. The van der Waals surface area contributed by atoms with Crippen LogP contribution in [0.3, 0.4) is 0 Å². The summed E-state index contributed by atoms with van der Waals surface area (Å²) in [6.07, 6.45) is 2.99. The Hall–Kier alpha value is -1.50. The Morgan fingerprint density at radius 3 is 2.92 bits per heavy atom. The van der Waals surface area contributed by atoms with E-state index in [-0.39, 0.29) is 6.10 Å². The molecule has 0 amide bonds. The third-order valence-electron chi connectivity index (χ3n) is 4.82. The van der Waals surface area contributed by atoms with Gasteiger partial charge in [0, 0.05) is 32.2 Å². The fourth-order valence-electron chi connectivity index (χ4n) is 3.44. The smallest absolute Gasteiger partial charge is 0.203 e. The lowest BCUT2D eigenvalue weighted by Gasteiger charge is -2.33. The molecule has 6 heteroatoms. The second-order valence-electron chi connectivity index (χ2n) is 6.67. The minimum Gasteiger partial charge on any atom is -0.493 e. The van der Waals surface area contributed by atoms with Crippen molar-refractivity contribution >= 4 is 0 Å². The van der Waals surface area contributed by atoms with E-state index < -0.39 is 0 Å². The number of ether oxygens (including phenoxy) is 4. The van der Waals surface area contributed by atoms with Gasteiger partial charge in [0.1, 0.15) is 13.2 Å². The maximum Gasteiger partial charge on any atom is 0.203 e. The molecule has 1 aliphatic carbocycles. The predicted molar refractivity (Wildman–Crippen MR) is 90.0 cm³/mol. The molecule has 1 aromatic carbocycles. The van der Waals surface area contributed by atoms with Crippen LogP contribution in [-0.4, -0.2) is 63.6 Å². The average Bonchev–Trinajstić information content (AvgIpc) is 3.46. The molecule has 1 N–H and O–H groups in total. The summed E-state index contributed by atoms with van der Waals surface area (Å²) in [5.41, 5.74) is 1.13. The number of nitrogens with zero attached hydrogens (tertiary/aromatic N) is 1. The highest BCUT2D eigenvalue weighted by atomic mass is 16.6. The summed E-state index contributed by atoms with van der Waals surface area (Å²) in [4.78, 5) is 2.57. The lowest BCUT2D eigenvalue weighted by molar-refractivity contribution is -0.0301. The first-order chi connectivity index (χ1) is 11.8. The molecule has 2 heterocycles. The van der Waals surface area contributed by atoms with Gasteiger partial charge in [0.2, 0.25) is 5.75 Å². The summed E-state index contributed by atoms with van der Waals surface area (Å²) < 4.78 is 22.6. The molecule has 1 atom stereocenters. The van der Waals surface area contributed by atoms with Crippen LogP contribution in [0.2, 0.25) is 0 Å². The van der Waals surface area contributed by atoms with Crippen LogP contribution >= 0.6 is 0 Å². The van der Waals surface area contributed by atoms with Gasteiger partial charge in [-0.1, -0.05) is 0 Å². The fourth-order valence-corrected chi connectivity index (χ4v) is 3.44. The van der Waals surface area contributed by atoms with Gasteiger partial charge >= 0.3 is 0 Å². The highest BCUT2D eigenvalue weighted by molar-refractivity contribution is 5.54. The zero-order valence-electron chi connectivity index (χ0n) is 14.3. The van der Waals surface area contributed by atoms with Gasteiger partial charge in [-0.05, 0) is 30.5 Å². The number of nitrogens with one attached hydrogen (secondary N) is 1. The van der Waals surface area contributed by atoms with Crippen LogP contribution in [0.5, 0.6) is 17.2 Å². The zero-order valence-corrected chi connectivity index (χ0v) is 14.3. The minimum atomic E-state index is 0.276. The van der Waals surface area contributed by atoms with Crippen LogP contribution in [0, 0.1) is 0 Å². The monoisotopic (exact) mass is 334 g/mol. The molecule has 2 fully saturated rings. The standard InChI is InChI=1S/C18H26N2O4/c1-21-16-8-13(9-17-18(16)24-7-6-23-17)10-19-11-15-12-20(4-5-22-15)14-2-3-14/h8-9,14-15,19H,2-7,10-12H2,1H3. The number of hydrogen-bond acceptors (Lipinski definition) is 6. The first-order valence-electron chi connectivity index (χ1n) is 8.86. The molecule has 0 aromatic heterocycles. The summed E-state index contributed by atoms with van der Waals surface area (Å²) in [5.74, 6) is 2.22. The number of methoxy groups -OCH3 is 1. The quantitative estimate of drug-likeness (QED) is 0.849. The van der Waals surface area contributed by atoms with Gasteiger partial charge in [0.25, 0.3) is 0 Å². The molecule has 0 radical (unpaired) electrons. The number of rotatable bonds is 6. The normalized spacial score (nSPS) is 24.0. The Morgan fingerprint density at radius 1 is 1.21 bits per heavy atom. The van der Waals surface area contributed by atoms with E-state index in [1.54, 1.807) is 7.11 Å². The van der Waals surface area contributed by atoms with Crippen LogP contribution in [0.1, 0.15) is 18.4 Å². The van der Waals surface area contributed by atoms with Gasteiger partial charge in [-0.2, -0.15) is 0 Å². The molecule has 4 rings (SSSR count). The van der Waals surface area contributed by atoms with Crippen LogP contribution in [-0.2, 0) is 11.3 Å². The number of hydrogen-bond donors (Lipinski definition) is 1. The Bertz CT molecular complexity index is 559. The van der Waals surface area contributed by atoms with Crippen molar-refractivity contribution in [3.63, 3.8) is 0 Å². The topological polar surface area (TPSA) is 52.2 Å². The molecular weight excluding hydrogens is 308 g/mol. The third kappa shape index (κ3) is 3.61. The van der Waals surface area contributed by atoms with E-state index in [9.17, 15) is 0 Å². The van der Waals surface area contributed by atoms with Crippen molar-refractivity contribution in [1.29, 1.82) is 0 Å². The minimum absolute atomic E-state index is 0.276. The maximum absolute atomic E-state index is 5.89. The lowest BCUT2D eigenvalue weighted by Crippen LogP contribution is -2.47. The van der Waals surface area contributed by atoms with Gasteiger partial charge < -0.3 is 24.3 Å². The highest BCUT2D eigenvalue weighted by Gasteiger charge is 2.32. The molecule has 0 bridgehead atoms. The molecule has 1 saturated carbocycles. The van der Waals surface area contributed by atoms with Gasteiger partial charge in [-0.25, -0.2) is 0 Å². The molecule has 1 unspecified atom stereocenters. The van der Waals surface area contributed by atoms with E-state index in [0.717, 1.165) is 55.9 Å². The van der Waals surface area contributed by atoms with Gasteiger partial charge in [-0.15, -0.1) is 0 Å². The van der Waals surface area contributed by atoms with E-state index in [4.69, 9.17) is 18.9 Å². The maximum atomic E-state index is 5.89. The van der Waals surface area contributed by atoms with Crippen LogP contribution in [0.25, 0.3) is 0 Å². The average molecular weight is 334 g/mol. The molecule has 1 saturated heterocycles. The summed E-state index contributed by atoms with van der Waals surface area (Å²) in [5, 5.41) is 3.51. The second-order valence-corrected chi connectivity index (χ2v) is 6.67. The van der Waals surface area contributed by atoms with Crippen molar-refractivity contribution in [3.05, 3.63) is 17.7 Å². The fraction of sp³-hybridized carbons (Fsp3) is 0.667.